The first kappa shape index (κ1) is 10.4. The highest BCUT2D eigenvalue weighted by Crippen LogP contribution is 2.33. The highest BCUT2D eigenvalue weighted by molar-refractivity contribution is 4.76. The van der Waals surface area contributed by atoms with Crippen LogP contribution >= 0.6 is 0 Å². The fraction of sp³-hybridized carbons (Fsp3) is 1.00. The molecule has 0 heterocycles. The maximum atomic E-state index is 4.06. The lowest BCUT2D eigenvalue weighted by molar-refractivity contribution is -0.427. The molecule has 0 bridgehead atoms. The molecule has 1 saturated carbocycles. The maximum absolute atomic E-state index is 4.06. The van der Waals surface area contributed by atoms with Crippen LogP contribution in [0.2, 0.25) is 0 Å². The average molecular weight is 208 g/mol. The Labute approximate surface area is 74.1 Å². The minimum atomic E-state index is 0. The summed E-state index contributed by atoms with van der Waals surface area (Å²) in [6, 6.07) is 0.748. The molecule has 2 heteroatoms. The number of quaternary nitrogens is 1. The van der Waals surface area contributed by atoms with Crippen LogP contribution in [0.15, 0.2) is 0 Å². The van der Waals surface area contributed by atoms with E-state index in [4.69, 9.17) is 0 Å². The molecule has 0 atom stereocenters. The zero-order valence-corrected chi connectivity index (χ0v) is 8.58. The topological polar surface area (TPSA) is 27.6 Å². The van der Waals surface area contributed by atoms with E-state index in [2.05, 4.69) is 19.6 Å². The Morgan fingerprint density at radius 1 is 1.20 bits per heavy atom. The molecular weight excluding hydrogens is 190 g/mol. The third-order valence-electron chi connectivity index (χ3n) is 2.46. The van der Waals surface area contributed by atoms with Crippen molar-refractivity contribution >= 4 is 0 Å². The fourth-order valence-corrected chi connectivity index (χ4v) is 1.46. The van der Waals surface area contributed by atoms with Crippen LogP contribution in [0.1, 0.15) is 39.5 Å². The SMILES string of the molecule is CC1(C)CCC([NH3+])CC1.[Br-]. The smallest absolute Gasteiger partial charge is 0.0844 e. The lowest BCUT2D eigenvalue weighted by Gasteiger charge is -2.30. The van der Waals surface area contributed by atoms with Gasteiger partial charge in [0.05, 0.1) is 6.04 Å². The highest BCUT2D eigenvalue weighted by Gasteiger charge is 2.26. The summed E-state index contributed by atoms with van der Waals surface area (Å²) in [4.78, 5) is 0. The standard InChI is InChI=1S/C8H17N.BrH/c1-8(2)5-3-7(9)4-6-8;/h7H,3-6,9H2,1-2H3;1H. The Morgan fingerprint density at radius 2 is 1.60 bits per heavy atom. The van der Waals surface area contributed by atoms with Crippen LogP contribution in [0, 0.1) is 5.41 Å². The van der Waals surface area contributed by atoms with Gasteiger partial charge in [0, 0.05) is 0 Å². The van der Waals surface area contributed by atoms with E-state index in [-0.39, 0.29) is 17.0 Å². The van der Waals surface area contributed by atoms with E-state index < -0.39 is 0 Å². The molecule has 1 fully saturated rings. The van der Waals surface area contributed by atoms with Crippen LogP contribution in [-0.2, 0) is 0 Å². The van der Waals surface area contributed by atoms with Crippen molar-refractivity contribution in [2.75, 3.05) is 0 Å². The monoisotopic (exact) mass is 207 g/mol. The molecule has 0 unspecified atom stereocenters. The van der Waals surface area contributed by atoms with Gasteiger partial charge in [0.15, 0.2) is 0 Å². The second-order valence-electron chi connectivity index (χ2n) is 4.11. The summed E-state index contributed by atoms with van der Waals surface area (Å²) in [5.74, 6) is 0. The normalized spacial score (nSPS) is 25.5. The molecule has 0 aromatic rings. The predicted molar refractivity (Wildman–Crippen MR) is 38.9 cm³/mol. The summed E-state index contributed by atoms with van der Waals surface area (Å²) in [6.45, 7) is 4.72. The molecule has 10 heavy (non-hydrogen) atoms. The van der Waals surface area contributed by atoms with Crippen molar-refractivity contribution in [3.63, 3.8) is 0 Å². The van der Waals surface area contributed by atoms with Gasteiger partial charge in [0.25, 0.3) is 0 Å². The molecule has 3 N–H and O–H groups in total. The first-order valence-corrected chi connectivity index (χ1v) is 3.93. The first-order valence-electron chi connectivity index (χ1n) is 3.93. The summed E-state index contributed by atoms with van der Waals surface area (Å²) in [5.41, 5.74) is 4.68. The van der Waals surface area contributed by atoms with E-state index >= 15 is 0 Å². The summed E-state index contributed by atoms with van der Waals surface area (Å²) >= 11 is 0. The molecule has 0 aromatic carbocycles. The Balaban J connectivity index is 0.000000810. The molecular formula is C8H18BrN. The molecule has 0 radical (unpaired) electrons. The molecule has 0 aliphatic heterocycles. The zero-order valence-electron chi connectivity index (χ0n) is 6.99. The first-order chi connectivity index (χ1) is 4.10. The van der Waals surface area contributed by atoms with Crippen molar-refractivity contribution in [1.82, 2.24) is 0 Å². The number of hydrogen-bond donors (Lipinski definition) is 1. The summed E-state index contributed by atoms with van der Waals surface area (Å²) < 4.78 is 0. The lowest BCUT2D eigenvalue weighted by Crippen LogP contribution is -3.00. The quantitative estimate of drug-likeness (QED) is 0.486. The largest absolute Gasteiger partial charge is 1.00 e. The molecule has 0 amide bonds. The highest BCUT2D eigenvalue weighted by atomic mass is 79.9. The van der Waals surface area contributed by atoms with Crippen LogP contribution < -0.4 is 22.7 Å². The average Bonchev–Trinajstić information content (AvgIpc) is 1.78. The van der Waals surface area contributed by atoms with Crippen molar-refractivity contribution in [3.05, 3.63) is 0 Å². The number of hydrogen-bond acceptors (Lipinski definition) is 0. The Bertz CT molecular complexity index is 91.4. The van der Waals surface area contributed by atoms with Crippen molar-refractivity contribution in [2.45, 2.75) is 45.6 Å². The second-order valence-corrected chi connectivity index (χ2v) is 4.11. The van der Waals surface area contributed by atoms with Gasteiger partial charge in [-0.15, -0.1) is 0 Å². The Kier molecular flexibility index (Phi) is 3.89. The van der Waals surface area contributed by atoms with Crippen LogP contribution in [-0.4, -0.2) is 6.04 Å². The van der Waals surface area contributed by atoms with Crippen molar-refractivity contribution in [3.8, 4) is 0 Å². The van der Waals surface area contributed by atoms with E-state index in [1.807, 2.05) is 0 Å². The number of halogens is 1. The second kappa shape index (κ2) is 3.72. The summed E-state index contributed by atoms with van der Waals surface area (Å²) in [7, 11) is 0. The summed E-state index contributed by atoms with van der Waals surface area (Å²) in [5, 5.41) is 0. The van der Waals surface area contributed by atoms with Gasteiger partial charge in [-0.25, -0.2) is 0 Å². The van der Waals surface area contributed by atoms with Crippen molar-refractivity contribution in [1.29, 1.82) is 0 Å². The minimum absolute atomic E-state index is 0. The third kappa shape index (κ3) is 3.02. The van der Waals surface area contributed by atoms with Crippen LogP contribution in [0.5, 0.6) is 0 Å². The molecule has 0 saturated heterocycles. The molecule has 1 aliphatic carbocycles. The Hall–Kier alpha value is 0.440. The van der Waals surface area contributed by atoms with Gasteiger partial charge in [-0.1, -0.05) is 13.8 Å². The van der Waals surface area contributed by atoms with E-state index in [9.17, 15) is 0 Å². The minimum Gasteiger partial charge on any atom is -1.00 e. The molecule has 1 nitrogen and oxygen atoms in total. The molecule has 0 spiro atoms. The van der Waals surface area contributed by atoms with Gasteiger partial charge < -0.3 is 22.7 Å². The van der Waals surface area contributed by atoms with Crippen LogP contribution in [0.25, 0.3) is 0 Å². The van der Waals surface area contributed by atoms with Gasteiger partial charge in [0.1, 0.15) is 0 Å². The van der Waals surface area contributed by atoms with Crippen LogP contribution in [0.4, 0.5) is 0 Å². The number of rotatable bonds is 0. The Morgan fingerprint density at radius 3 is 1.90 bits per heavy atom. The van der Waals surface area contributed by atoms with E-state index in [1.54, 1.807) is 0 Å². The van der Waals surface area contributed by atoms with Gasteiger partial charge in [0.2, 0.25) is 0 Å². The van der Waals surface area contributed by atoms with Gasteiger partial charge in [-0.2, -0.15) is 0 Å². The van der Waals surface area contributed by atoms with E-state index in [0.717, 1.165) is 6.04 Å². The van der Waals surface area contributed by atoms with Crippen LogP contribution in [0.3, 0.4) is 0 Å². The molecule has 1 aliphatic rings. The zero-order chi connectivity index (χ0) is 6.91. The predicted octanol–water partition coefficient (Wildman–Crippen LogP) is -1.80. The van der Waals surface area contributed by atoms with Gasteiger partial charge in [-0.05, 0) is 31.1 Å². The summed E-state index contributed by atoms with van der Waals surface area (Å²) in [6.07, 6.45) is 5.43. The maximum Gasteiger partial charge on any atom is 0.0844 e. The molecule has 0 aromatic heterocycles. The molecule has 62 valence electrons. The van der Waals surface area contributed by atoms with E-state index in [0.29, 0.717) is 5.41 Å². The molecule has 1 rings (SSSR count). The fourth-order valence-electron chi connectivity index (χ4n) is 1.46. The third-order valence-corrected chi connectivity index (χ3v) is 2.46. The van der Waals surface area contributed by atoms with E-state index in [1.165, 1.54) is 25.7 Å². The van der Waals surface area contributed by atoms with Gasteiger partial charge in [-0.3, -0.25) is 0 Å². The van der Waals surface area contributed by atoms with Crippen molar-refractivity contribution < 1.29 is 22.7 Å². The van der Waals surface area contributed by atoms with Gasteiger partial charge >= 0.3 is 0 Å². The van der Waals surface area contributed by atoms with Crippen molar-refractivity contribution in [2.24, 2.45) is 5.41 Å². The lowest BCUT2D eigenvalue weighted by atomic mass is 9.76.